The van der Waals surface area contributed by atoms with E-state index in [4.69, 9.17) is 5.73 Å². The lowest BCUT2D eigenvalue weighted by Gasteiger charge is -2.04. The molecular formula is C14H19N5O. The lowest BCUT2D eigenvalue weighted by Crippen LogP contribution is -2.11. The number of primary amides is 1. The van der Waals surface area contributed by atoms with Crippen LogP contribution in [0.5, 0.6) is 0 Å². The van der Waals surface area contributed by atoms with E-state index in [1.165, 1.54) is 0 Å². The number of pyridine rings is 1. The largest absolute Gasteiger partial charge is 0.370 e. The van der Waals surface area contributed by atoms with E-state index in [0.29, 0.717) is 19.3 Å². The minimum absolute atomic E-state index is 0.253. The fourth-order valence-corrected chi connectivity index (χ4v) is 1.88. The number of hydrogen-bond donors (Lipinski definition) is 1. The van der Waals surface area contributed by atoms with Gasteiger partial charge >= 0.3 is 0 Å². The number of amides is 1. The molecule has 0 saturated carbocycles. The lowest BCUT2D eigenvalue weighted by atomic mass is 10.2. The molecule has 106 valence electrons. The smallest absolute Gasteiger partial charge is 0.217 e. The number of aromatic nitrogens is 4. The number of aryl methyl sites for hydroxylation is 1. The van der Waals surface area contributed by atoms with Crippen molar-refractivity contribution in [3.63, 3.8) is 0 Å². The van der Waals surface area contributed by atoms with Crippen LogP contribution in [0.25, 0.3) is 5.69 Å². The highest BCUT2D eigenvalue weighted by Crippen LogP contribution is 2.15. The molecule has 0 spiro atoms. The van der Waals surface area contributed by atoms with E-state index in [-0.39, 0.29) is 11.8 Å². The van der Waals surface area contributed by atoms with E-state index in [1.807, 2.05) is 12.1 Å². The summed E-state index contributed by atoms with van der Waals surface area (Å²) >= 11 is 0. The van der Waals surface area contributed by atoms with Gasteiger partial charge < -0.3 is 5.73 Å². The van der Waals surface area contributed by atoms with Gasteiger partial charge in [0.25, 0.3) is 0 Å². The van der Waals surface area contributed by atoms with Crippen LogP contribution in [0.3, 0.4) is 0 Å². The van der Waals surface area contributed by atoms with Crippen LogP contribution >= 0.6 is 0 Å². The van der Waals surface area contributed by atoms with Crippen LogP contribution < -0.4 is 5.73 Å². The number of nitrogens with zero attached hydrogens (tertiary/aromatic N) is 4. The van der Waals surface area contributed by atoms with Crippen molar-refractivity contribution < 1.29 is 4.79 Å². The highest BCUT2D eigenvalue weighted by Gasteiger charge is 2.14. The quantitative estimate of drug-likeness (QED) is 0.866. The Bertz CT molecular complexity index is 577. The van der Waals surface area contributed by atoms with Gasteiger partial charge in [-0.2, -0.15) is 5.10 Å². The summed E-state index contributed by atoms with van der Waals surface area (Å²) in [7, 11) is 0. The third-order valence-electron chi connectivity index (χ3n) is 2.92. The van der Waals surface area contributed by atoms with Gasteiger partial charge in [-0.05, 0) is 18.6 Å². The van der Waals surface area contributed by atoms with Crippen molar-refractivity contribution in [2.75, 3.05) is 0 Å². The number of carbonyl (C=O) groups is 1. The van der Waals surface area contributed by atoms with E-state index in [1.54, 1.807) is 17.1 Å². The van der Waals surface area contributed by atoms with Gasteiger partial charge in [-0.25, -0.2) is 9.67 Å². The monoisotopic (exact) mass is 273 g/mol. The molecule has 6 nitrogen and oxygen atoms in total. The molecule has 2 N–H and O–H groups in total. The first-order valence-corrected chi connectivity index (χ1v) is 6.72. The first kappa shape index (κ1) is 14.2. The summed E-state index contributed by atoms with van der Waals surface area (Å²) in [5.41, 5.74) is 6.04. The third kappa shape index (κ3) is 3.40. The minimum atomic E-state index is -0.290. The fraction of sp³-hybridized carbons (Fsp3) is 0.429. The van der Waals surface area contributed by atoms with Crippen LogP contribution in [-0.2, 0) is 11.2 Å². The Kier molecular flexibility index (Phi) is 4.45. The van der Waals surface area contributed by atoms with Gasteiger partial charge in [-0.1, -0.05) is 13.8 Å². The Morgan fingerprint density at radius 2 is 2.25 bits per heavy atom. The predicted octanol–water partition coefficient (Wildman–Crippen LogP) is 1.59. The molecule has 2 aromatic rings. The van der Waals surface area contributed by atoms with Crippen LogP contribution in [0.15, 0.2) is 24.5 Å². The van der Waals surface area contributed by atoms with Crippen LogP contribution in [0.1, 0.15) is 44.3 Å². The van der Waals surface area contributed by atoms with Gasteiger partial charge in [0.1, 0.15) is 5.82 Å². The number of carbonyl (C=O) groups excluding carboxylic acids is 1. The Morgan fingerprint density at radius 1 is 1.45 bits per heavy atom. The van der Waals surface area contributed by atoms with Crippen LogP contribution in [0.2, 0.25) is 0 Å². The molecule has 1 amide bonds. The van der Waals surface area contributed by atoms with Gasteiger partial charge in [-0.15, -0.1) is 0 Å². The summed E-state index contributed by atoms with van der Waals surface area (Å²) in [6.45, 7) is 4.10. The zero-order valence-corrected chi connectivity index (χ0v) is 11.8. The molecule has 0 radical (unpaired) electrons. The molecule has 0 atom stereocenters. The number of nitrogens with two attached hydrogens (primary N) is 1. The van der Waals surface area contributed by atoms with Crippen molar-refractivity contribution >= 4 is 5.91 Å². The van der Waals surface area contributed by atoms with Crippen molar-refractivity contribution in [1.82, 2.24) is 19.7 Å². The van der Waals surface area contributed by atoms with Gasteiger partial charge in [0, 0.05) is 25.0 Å². The van der Waals surface area contributed by atoms with Crippen molar-refractivity contribution in [2.24, 2.45) is 5.73 Å². The normalized spacial score (nSPS) is 10.9. The molecule has 0 fully saturated rings. The second kappa shape index (κ2) is 6.27. The standard InChI is InChI=1S/C14H19N5O/c1-10(2)14-17-13(7-3-6-12(15)20)19(18-14)11-5-4-8-16-9-11/h4-5,8-10H,3,6-7H2,1-2H3,(H2,15,20). The molecule has 0 aliphatic carbocycles. The zero-order chi connectivity index (χ0) is 14.5. The second-order valence-corrected chi connectivity index (χ2v) is 4.98. The maximum absolute atomic E-state index is 10.8. The lowest BCUT2D eigenvalue weighted by molar-refractivity contribution is -0.118. The molecule has 0 aromatic carbocycles. The summed E-state index contributed by atoms with van der Waals surface area (Å²) in [6, 6.07) is 3.79. The predicted molar refractivity (Wildman–Crippen MR) is 75.4 cm³/mol. The average molecular weight is 273 g/mol. The summed E-state index contributed by atoms with van der Waals surface area (Å²) in [5.74, 6) is 1.59. The molecule has 2 heterocycles. The maximum Gasteiger partial charge on any atom is 0.217 e. The molecule has 0 unspecified atom stereocenters. The molecule has 0 saturated heterocycles. The molecular weight excluding hydrogens is 254 g/mol. The second-order valence-electron chi connectivity index (χ2n) is 4.98. The van der Waals surface area contributed by atoms with Crippen molar-refractivity contribution in [2.45, 2.75) is 39.0 Å². The Balaban J connectivity index is 2.26. The van der Waals surface area contributed by atoms with Crippen LogP contribution in [0.4, 0.5) is 0 Å². The van der Waals surface area contributed by atoms with Crippen molar-refractivity contribution in [1.29, 1.82) is 0 Å². The zero-order valence-electron chi connectivity index (χ0n) is 11.8. The molecule has 0 aliphatic heterocycles. The molecule has 0 bridgehead atoms. The van der Waals surface area contributed by atoms with E-state index >= 15 is 0 Å². The van der Waals surface area contributed by atoms with Gasteiger partial charge in [-0.3, -0.25) is 9.78 Å². The van der Waals surface area contributed by atoms with Gasteiger partial charge in [0.15, 0.2) is 5.82 Å². The first-order valence-electron chi connectivity index (χ1n) is 6.72. The summed E-state index contributed by atoms with van der Waals surface area (Å²) in [6.07, 6.45) is 5.16. The molecule has 0 aliphatic rings. The average Bonchev–Trinajstić information content (AvgIpc) is 2.84. The van der Waals surface area contributed by atoms with E-state index in [2.05, 4.69) is 28.9 Å². The number of rotatable bonds is 6. The van der Waals surface area contributed by atoms with Gasteiger partial charge in [0.05, 0.1) is 11.9 Å². The molecule has 2 aromatic heterocycles. The van der Waals surface area contributed by atoms with Crippen LogP contribution in [-0.4, -0.2) is 25.7 Å². The third-order valence-corrected chi connectivity index (χ3v) is 2.92. The Morgan fingerprint density at radius 3 is 2.85 bits per heavy atom. The first-order chi connectivity index (χ1) is 9.58. The van der Waals surface area contributed by atoms with Crippen molar-refractivity contribution in [3.05, 3.63) is 36.2 Å². The summed E-state index contributed by atoms with van der Waals surface area (Å²) in [5, 5.41) is 4.53. The Labute approximate surface area is 118 Å². The highest BCUT2D eigenvalue weighted by molar-refractivity contribution is 5.73. The molecule has 20 heavy (non-hydrogen) atoms. The fourth-order valence-electron chi connectivity index (χ4n) is 1.88. The van der Waals surface area contributed by atoms with Gasteiger partial charge in [0.2, 0.25) is 5.91 Å². The topological polar surface area (TPSA) is 86.7 Å². The molecule has 2 rings (SSSR count). The van der Waals surface area contributed by atoms with E-state index in [0.717, 1.165) is 17.3 Å². The van der Waals surface area contributed by atoms with Crippen LogP contribution in [0, 0.1) is 0 Å². The number of hydrogen-bond acceptors (Lipinski definition) is 4. The summed E-state index contributed by atoms with van der Waals surface area (Å²) < 4.78 is 1.79. The maximum atomic E-state index is 10.8. The Hall–Kier alpha value is -2.24. The van der Waals surface area contributed by atoms with Crippen molar-refractivity contribution in [3.8, 4) is 5.69 Å². The minimum Gasteiger partial charge on any atom is -0.370 e. The SMILES string of the molecule is CC(C)c1nc(CCCC(N)=O)n(-c2cccnc2)n1. The highest BCUT2D eigenvalue weighted by atomic mass is 16.1. The summed E-state index contributed by atoms with van der Waals surface area (Å²) in [4.78, 5) is 19.5. The van der Waals surface area contributed by atoms with E-state index in [9.17, 15) is 4.79 Å². The molecule has 6 heteroatoms. The van der Waals surface area contributed by atoms with E-state index < -0.39 is 0 Å².